The molecule has 34 heavy (non-hydrogen) atoms. The Morgan fingerprint density at radius 3 is 2.68 bits per heavy atom. The zero-order valence-corrected chi connectivity index (χ0v) is 19.3. The summed E-state index contributed by atoms with van der Waals surface area (Å²) < 4.78 is 31.1. The predicted molar refractivity (Wildman–Crippen MR) is 127 cm³/mol. The van der Waals surface area contributed by atoms with E-state index in [-0.39, 0.29) is 18.4 Å². The van der Waals surface area contributed by atoms with Crippen LogP contribution in [0.25, 0.3) is 10.6 Å². The summed E-state index contributed by atoms with van der Waals surface area (Å²) in [5.74, 6) is 0.912. The van der Waals surface area contributed by atoms with Crippen molar-refractivity contribution in [3.8, 4) is 27.8 Å². The average Bonchev–Trinajstić information content (AvgIpc) is 3.52. The normalized spacial score (nSPS) is 11.9. The molecule has 5 rings (SSSR count). The first-order valence-corrected chi connectivity index (χ1v) is 11.6. The van der Waals surface area contributed by atoms with E-state index in [9.17, 15) is 9.18 Å². The van der Waals surface area contributed by atoms with Crippen molar-refractivity contribution >= 4 is 28.8 Å². The Balaban J connectivity index is 1.21. The Morgan fingerprint density at radius 2 is 1.85 bits per heavy atom. The minimum Gasteiger partial charge on any atom is -0.489 e. The van der Waals surface area contributed by atoms with Gasteiger partial charge in [0.15, 0.2) is 11.5 Å². The molecule has 1 aromatic heterocycles. The predicted octanol–water partition coefficient (Wildman–Crippen LogP) is 5.84. The highest BCUT2D eigenvalue weighted by Gasteiger charge is 2.16. The van der Waals surface area contributed by atoms with Gasteiger partial charge in [0.25, 0.3) is 5.91 Å². The molecule has 0 atom stereocenters. The third-order valence-electron chi connectivity index (χ3n) is 5.12. The Kier molecular flexibility index (Phi) is 6.33. The first-order valence-electron chi connectivity index (χ1n) is 10.3. The number of benzene rings is 3. The van der Waals surface area contributed by atoms with E-state index in [0.717, 1.165) is 11.1 Å². The van der Waals surface area contributed by atoms with Crippen LogP contribution in [0.3, 0.4) is 0 Å². The number of aromatic nitrogens is 1. The van der Waals surface area contributed by atoms with Gasteiger partial charge in [0.2, 0.25) is 6.79 Å². The summed E-state index contributed by atoms with van der Waals surface area (Å²) in [6.07, 6.45) is 0. The lowest BCUT2D eigenvalue weighted by atomic mass is 10.2. The van der Waals surface area contributed by atoms with E-state index >= 15 is 0 Å². The van der Waals surface area contributed by atoms with E-state index in [0.29, 0.717) is 46.0 Å². The highest BCUT2D eigenvalue weighted by Crippen LogP contribution is 2.32. The number of rotatable bonds is 7. The molecule has 0 radical (unpaired) electrons. The molecule has 0 aliphatic carbocycles. The summed E-state index contributed by atoms with van der Waals surface area (Å²) in [6.45, 7) is 0.788. The van der Waals surface area contributed by atoms with Gasteiger partial charge in [-0.1, -0.05) is 29.8 Å². The molecule has 6 nitrogen and oxygen atoms in total. The van der Waals surface area contributed by atoms with Crippen LogP contribution >= 0.6 is 22.9 Å². The quantitative estimate of drug-likeness (QED) is 0.348. The molecule has 1 aliphatic heterocycles. The van der Waals surface area contributed by atoms with Gasteiger partial charge in [0.1, 0.15) is 28.9 Å². The van der Waals surface area contributed by atoms with Gasteiger partial charge in [-0.3, -0.25) is 4.79 Å². The van der Waals surface area contributed by atoms with Crippen molar-refractivity contribution < 1.29 is 23.4 Å². The summed E-state index contributed by atoms with van der Waals surface area (Å²) in [4.78, 5) is 16.8. The fourth-order valence-corrected chi connectivity index (χ4v) is 4.28. The van der Waals surface area contributed by atoms with Gasteiger partial charge >= 0.3 is 0 Å². The number of carbonyl (C=O) groups excluding carboxylic acids is 1. The monoisotopic (exact) mass is 496 g/mol. The lowest BCUT2D eigenvalue weighted by molar-refractivity contribution is 0.0946. The van der Waals surface area contributed by atoms with Crippen LogP contribution in [0.4, 0.5) is 4.39 Å². The van der Waals surface area contributed by atoms with Crippen LogP contribution in [0.1, 0.15) is 21.6 Å². The van der Waals surface area contributed by atoms with Gasteiger partial charge in [0.05, 0.1) is 0 Å². The van der Waals surface area contributed by atoms with Crippen LogP contribution in [0.15, 0.2) is 66.0 Å². The number of carbonyl (C=O) groups is 1. The maximum Gasteiger partial charge on any atom is 0.271 e. The number of hydrogen-bond acceptors (Lipinski definition) is 6. The van der Waals surface area contributed by atoms with Gasteiger partial charge in [0, 0.05) is 28.6 Å². The SMILES string of the molecule is O=C(NCc1ccc2c(c1)OCO2)c1csc(-c2ccc(OCc3ccc(Cl)cc3)cc2F)n1. The molecular formula is C25H18ClFN2O4S. The van der Waals surface area contributed by atoms with E-state index in [4.69, 9.17) is 25.8 Å². The summed E-state index contributed by atoms with van der Waals surface area (Å²) in [7, 11) is 0. The van der Waals surface area contributed by atoms with Crippen LogP contribution in [0.5, 0.6) is 17.2 Å². The van der Waals surface area contributed by atoms with Gasteiger partial charge in [-0.25, -0.2) is 9.37 Å². The molecule has 0 unspecified atom stereocenters. The highest BCUT2D eigenvalue weighted by atomic mass is 35.5. The third-order valence-corrected chi connectivity index (χ3v) is 6.24. The van der Waals surface area contributed by atoms with Crippen LogP contribution in [0.2, 0.25) is 5.02 Å². The molecule has 1 N–H and O–H groups in total. The molecule has 2 heterocycles. The number of amides is 1. The molecule has 1 amide bonds. The molecule has 0 saturated carbocycles. The van der Waals surface area contributed by atoms with Crippen molar-refractivity contribution in [3.63, 3.8) is 0 Å². The molecule has 172 valence electrons. The van der Waals surface area contributed by atoms with Crippen molar-refractivity contribution in [2.24, 2.45) is 0 Å². The van der Waals surface area contributed by atoms with Gasteiger partial charge in [-0.15, -0.1) is 11.3 Å². The second kappa shape index (κ2) is 9.70. The van der Waals surface area contributed by atoms with E-state index in [1.165, 1.54) is 17.4 Å². The summed E-state index contributed by atoms with van der Waals surface area (Å²) in [5, 5.41) is 5.48. The first kappa shape index (κ1) is 22.2. The minimum absolute atomic E-state index is 0.193. The van der Waals surface area contributed by atoms with E-state index in [1.807, 2.05) is 24.3 Å². The maximum absolute atomic E-state index is 14.7. The number of halogens is 2. The van der Waals surface area contributed by atoms with Gasteiger partial charge in [-0.2, -0.15) is 0 Å². The first-order chi connectivity index (χ1) is 16.5. The smallest absolute Gasteiger partial charge is 0.271 e. The second-order valence-corrected chi connectivity index (χ2v) is 8.76. The van der Waals surface area contributed by atoms with Crippen LogP contribution in [0, 0.1) is 5.82 Å². The van der Waals surface area contributed by atoms with Crippen molar-refractivity contribution in [1.29, 1.82) is 0 Å². The molecule has 0 saturated heterocycles. The van der Waals surface area contributed by atoms with Gasteiger partial charge < -0.3 is 19.5 Å². The fraction of sp³-hybridized carbons (Fsp3) is 0.120. The minimum atomic E-state index is -0.477. The van der Waals surface area contributed by atoms with Crippen LogP contribution in [-0.4, -0.2) is 17.7 Å². The largest absolute Gasteiger partial charge is 0.489 e. The number of hydrogen-bond donors (Lipinski definition) is 1. The fourth-order valence-electron chi connectivity index (χ4n) is 3.33. The molecule has 1 aliphatic rings. The Morgan fingerprint density at radius 1 is 1.06 bits per heavy atom. The molecule has 9 heteroatoms. The number of thiazole rings is 1. The number of fused-ring (bicyclic) bond motifs is 1. The molecular weight excluding hydrogens is 479 g/mol. The number of nitrogens with one attached hydrogen (secondary N) is 1. The van der Waals surface area contributed by atoms with E-state index < -0.39 is 5.82 Å². The number of nitrogens with zero attached hydrogens (tertiary/aromatic N) is 1. The lowest BCUT2D eigenvalue weighted by Gasteiger charge is -2.08. The van der Waals surface area contributed by atoms with Crippen molar-refractivity contribution in [1.82, 2.24) is 10.3 Å². The average molecular weight is 497 g/mol. The number of ether oxygens (including phenoxy) is 3. The standard InChI is InChI=1S/C25H18ClFN2O4S/c26-17-4-1-15(2-5-17)12-31-18-6-7-19(20(27)10-18)25-29-21(13-34-25)24(30)28-11-16-3-8-22-23(9-16)33-14-32-22/h1-10,13H,11-12,14H2,(H,28,30). The Bertz CT molecular complexity index is 1340. The van der Waals surface area contributed by atoms with Crippen LogP contribution in [-0.2, 0) is 13.2 Å². The summed E-state index contributed by atoms with van der Waals surface area (Å²) in [6, 6.07) is 17.3. The third kappa shape index (κ3) is 4.98. The van der Waals surface area contributed by atoms with Crippen molar-refractivity contribution in [2.45, 2.75) is 13.2 Å². The lowest BCUT2D eigenvalue weighted by Crippen LogP contribution is -2.23. The van der Waals surface area contributed by atoms with Gasteiger partial charge in [-0.05, 0) is 47.5 Å². The molecule has 4 aromatic rings. The zero-order chi connectivity index (χ0) is 23.5. The van der Waals surface area contributed by atoms with Crippen molar-refractivity contribution in [3.05, 3.63) is 93.7 Å². The Hall–Kier alpha value is -3.62. The summed E-state index contributed by atoms with van der Waals surface area (Å²) >= 11 is 7.08. The topological polar surface area (TPSA) is 69.7 Å². The van der Waals surface area contributed by atoms with Crippen molar-refractivity contribution in [2.75, 3.05) is 6.79 Å². The summed E-state index contributed by atoms with van der Waals surface area (Å²) in [5.41, 5.74) is 2.32. The zero-order valence-electron chi connectivity index (χ0n) is 17.7. The molecule has 3 aromatic carbocycles. The molecule has 0 fully saturated rings. The van der Waals surface area contributed by atoms with E-state index in [2.05, 4.69) is 10.3 Å². The molecule has 0 bridgehead atoms. The Labute approximate surface area is 203 Å². The van der Waals surface area contributed by atoms with Crippen LogP contribution < -0.4 is 19.5 Å². The highest BCUT2D eigenvalue weighted by molar-refractivity contribution is 7.13. The maximum atomic E-state index is 14.7. The van der Waals surface area contributed by atoms with E-state index in [1.54, 1.807) is 35.7 Å². The molecule has 0 spiro atoms. The second-order valence-electron chi connectivity index (χ2n) is 7.46.